The van der Waals surface area contributed by atoms with E-state index < -0.39 is 0 Å². The van der Waals surface area contributed by atoms with Crippen molar-refractivity contribution in [1.82, 2.24) is 9.80 Å². The summed E-state index contributed by atoms with van der Waals surface area (Å²) >= 11 is 0. The second kappa shape index (κ2) is 29.2. The van der Waals surface area contributed by atoms with Crippen molar-refractivity contribution in [3.63, 3.8) is 0 Å². The number of likely N-dealkylation sites (N-methyl/N-ethyl adjacent to an activating group) is 1. The molecule has 2 aliphatic rings. The van der Waals surface area contributed by atoms with E-state index in [0.29, 0.717) is 0 Å². The normalized spacial score (nSPS) is 17.4. The first-order chi connectivity index (χ1) is 8.79. The zero-order valence-corrected chi connectivity index (χ0v) is 20.9. The summed E-state index contributed by atoms with van der Waals surface area (Å²) in [7, 11) is 4.33. The molecule has 0 aromatic rings. The van der Waals surface area contributed by atoms with Crippen LogP contribution in [-0.4, -0.2) is 63.2 Å². The van der Waals surface area contributed by atoms with Gasteiger partial charge in [-0.2, -0.15) is 0 Å². The second-order valence-electron chi connectivity index (χ2n) is 4.34. The van der Waals surface area contributed by atoms with Crippen molar-refractivity contribution in [3.8, 4) is 0 Å². The second-order valence-corrected chi connectivity index (χ2v) is 4.34. The van der Waals surface area contributed by atoms with Crippen molar-refractivity contribution in [1.29, 1.82) is 0 Å². The summed E-state index contributed by atoms with van der Waals surface area (Å²) in [5.41, 5.74) is 0. The monoisotopic (exact) mass is 647 g/mol. The third-order valence-electron chi connectivity index (χ3n) is 2.86. The fourth-order valence-electron chi connectivity index (χ4n) is 1.76. The fraction of sp³-hybridized carbons (Fsp3) is 0.938. The van der Waals surface area contributed by atoms with E-state index >= 15 is 0 Å². The zero-order valence-electron chi connectivity index (χ0n) is 15.5. The van der Waals surface area contributed by atoms with Crippen LogP contribution in [0.25, 0.3) is 5.32 Å². The number of hydrogen-bond acceptors (Lipinski definition) is 2. The Balaban J connectivity index is -0.0000000589. The molecule has 21 heavy (non-hydrogen) atoms. The van der Waals surface area contributed by atoms with Crippen LogP contribution in [0.15, 0.2) is 0 Å². The number of piperidine rings is 1. The van der Waals surface area contributed by atoms with Crippen molar-refractivity contribution in [3.05, 3.63) is 12.7 Å². The molecular weight excluding hydrogens is 607 g/mol. The van der Waals surface area contributed by atoms with E-state index in [9.17, 15) is 0 Å². The summed E-state index contributed by atoms with van der Waals surface area (Å²) in [6, 6.07) is 0. The molecule has 2 fully saturated rings. The summed E-state index contributed by atoms with van der Waals surface area (Å²) in [6.45, 7) is 15.0. The predicted octanol–water partition coefficient (Wildman–Crippen LogP) is 3.91. The van der Waals surface area contributed by atoms with Crippen molar-refractivity contribution >= 4 is 0 Å². The van der Waals surface area contributed by atoms with Gasteiger partial charge in [-0.3, -0.25) is 0 Å². The molecule has 5 heteroatoms. The maximum Gasteiger partial charge on any atom is 0 e. The smallest absolute Gasteiger partial charge is 0 e. The summed E-state index contributed by atoms with van der Waals surface area (Å²) in [5.74, 6) is 0. The van der Waals surface area contributed by atoms with Gasteiger partial charge in [-0.25, -0.2) is 0 Å². The molecule has 3 nitrogen and oxygen atoms in total. The quantitative estimate of drug-likeness (QED) is 0.373. The molecule has 0 aromatic heterocycles. The fourth-order valence-corrected chi connectivity index (χ4v) is 1.76. The van der Waals surface area contributed by atoms with Crippen LogP contribution in [0.4, 0.5) is 0 Å². The van der Waals surface area contributed by atoms with Gasteiger partial charge in [0.25, 0.3) is 0 Å². The third-order valence-corrected chi connectivity index (χ3v) is 2.86. The van der Waals surface area contributed by atoms with Gasteiger partial charge in [-0.15, -0.1) is 13.1 Å². The molecule has 0 aromatic carbocycles. The molecule has 0 unspecified atom stereocenters. The van der Waals surface area contributed by atoms with Gasteiger partial charge < -0.3 is 22.5 Å². The van der Waals surface area contributed by atoms with Crippen LogP contribution in [0, 0.1) is 7.43 Å². The van der Waals surface area contributed by atoms with E-state index in [4.69, 9.17) is 0 Å². The van der Waals surface area contributed by atoms with E-state index in [1.54, 1.807) is 0 Å². The summed E-state index contributed by atoms with van der Waals surface area (Å²) in [4.78, 5) is 4.69. The van der Waals surface area contributed by atoms with Crippen LogP contribution in [-0.2, 0) is 40.8 Å². The number of piperazine rings is 1. The summed E-state index contributed by atoms with van der Waals surface area (Å²) in [6.07, 6.45) is 4.28. The Morgan fingerprint density at radius 3 is 1.14 bits per heavy atom. The van der Waals surface area contributed by atoms with Gasteiger partial charge in [0.15, 0.2) is 0 Å². The number of rotatable bonds is 0. The summed E-state index contributed by atoms with van der Waals surface area (Å²) in [5, 5.41) is 4.19. The van der Waals surface area contributed by atoms with Gasteiger partial charge in [0.1, 0.15) is 0 Å². The molecule has 0 bridgehead atoms. The Morgan fingerprint density at radius 1 is 0.619 bits per heavy atom. The minimum Gasteiger partial charge on any atom is -0.660 e. The third kappa shape index (κ3) is 26.4. The van der Waals surface area contributed by atoms with Gasteiger partial charge in [0, 0.05) is 40.8 Å². The molecule has 0 saturated carbocycles. The van der Waals surface area contributed by atoms with Crippen LogP contribution in [0.1, 0.15) is 47.0 Å². The van der Waals surface area contributed by atoms with Crippen LogP contribution in [0.3, 0.4) is 0 Å². The molecule has 0 amide bonds. The van der Waals surface area contributed by atoms with Crippen LogP contribution in [0.2, 0.25) is 0 Å². The minimum atomic E-state index is 0. The molecule has 134 valence electrons. The van der Waals surface area contributed by atoms with E-state index in [-0.39, 0.29) is 48.3 Å². The molecule has 2 heterocycles. The van der Waals surface area contributed by atoms with Crippen LogP contribution >= 0.6 is 0 Å². The average molecular weight is 646 g/mol. The first-order valence-corrected chi connectivity index (χ1v) is 7.79. The SMILES string of the molecule is CC.CC.CN1CCCCC1.CN1CC[N-]CC1.[CH3-].[Re].[Re]. The molecule has 2 rings (SSSR count). The first-order valence-electron chi connectivity index (χ1n) is 7.79. The molecule has 0 aliphatic carbocycles. The Kier molecular flexibility index (Phi) is 47.0. The van der Waals surface area contributed by atoms with Gasteiger partial charge in [-0.05, 0) is 53.1 Å². The Hall–Kier alpha value is 1.20. The van der Waals surface area contributed by atoms with Gasteiger partial charge >= 0.3 is 0 Å². The maximum absolute atomic E-state index is 4.19. The van der Waals surface area contributed by atoms with Crippen molar-refractivity contribution < 1.29 is 40.8 Å². The first kappa shape index (κ1) is 33.7. The number of likely N-dealkylation sites (tertiary alicyclic amines) is 1. The molecule has 0 atom stereocenters. The molecule has 0 spiro atoms. The maximum atomic E-state index is 4.19. The van der Waals surface area contributed by atoms with Crippen molar-refractivity contribution in [2.75, 3.05) is 53.4 Å². The topological polar surface area (TPSA) is 20.6 Å². The molecular formula is C16H39N3Re2-2. The summed E-state index contributed by atoms with van der Waals surface area (Å²) < 4.78 is 0. The van der Waals surface area contributed by atoms with Gasteiger partial charge in [-0.1, -0.05) is 34.1 Å². The zero-order chi connectivity index (χ0) is 14.2. The standard InChI is InChI=1S/C6H13N.C5H11N2.2C2H6.CH3.2Re/c1-7-5-3-2-4-6-7;1-7-4-2-6-3-5-7;2*1-2;;;/h2-6H2,1H3;2-5H2,1H3;2*1-2H3;1H3;;/q;-1;;;-1;;. The van der Waals surface area contributed by atoms with E-state index in [1.165, 1.54) is 32.4 Å². The van der Waals surface area contributed by atoms with Crippen molar-refractivity contribution in [2.24, 2.45) is 0 Å². The Labute approximate surface area is 163 Å². The minimum absolute atomic E-state index is 0. The van der Waals surface area contributed by atoms with E-state index in [2.05, 4.69) is 29.2 Å². The van der Waals surface area contributed by atoms with Crippen molar-refractivity contribution in [2.45, 2.75) is 47.0 Å². The van der Waals surface area contributed by atoms with Crippen LogP contribution in [0.5, 0.6) is 0 Å². The van der Waals surface area contributed by atoms with E-state index in [0.717, 1.165) is 26.2 Å². The molecule has 2 aliphatic heterocycles. The largest absolute Gasteiger partial charge is 0.660 e. The average Bonchev–Trinajstić information content (AvgIpc) is 2.46. The van der Waals surface area contributed by atoms with Gasteiger partial charge in [0.2, 0.25) is 0 Å². The Bertz CT molecular complexity index is 121. The number of hydrogen-bond donors (Lipinski definition) is 0. The predicted molar refractivity (Wildman–Crippen MR) is 91.0 cm³/mol. The van der Waals surface area contributed by atoms with E-state index in [1.807, 2.05) is 27.7 Å². The number of nitrogens with zero attached hydrogens (tertiary/aromatic N) is 3. The molecule has 0 N–H and O–H groups in total. The van der Waals surface area contributed by atoms with Crippen LogP contribution < -0.4 is 0 Å². The molecule has 2 saturated heterocycles. The Morgan fingerprint density at radius 2 is 0.952 bits per heavy atom. The van der Waals surface area contributed by atoms with Gasteiger partial charge in [0.05, 0.1) is 0 Å². The molecule has 2 radical (unpaired) electrons.